The van der Waals surface area contributed by atoms with E-state index in [2.05, 4.69) is 54.2 Å². The zero-order valence-corrected chi connectivity index (χ0v) is 19.4. The Kier molecular flexibility index (Phi) is 8.37. The zero-order chi connectivity index (χ0) is 23.7. The van der Waals surface area contributed by atoms with E-state index in [1.165, 1.54) is 0 Å². The third-order valence-electron chi connectivity index (χ3n) is 6.02. The second kappa shape index (κ2) is 11.4. The first-order valence-electron chi connectivity index (χ1n) is 11.2. The molecule has 0 radical (unpaired) electrons. The summed E-state index contributed by atoms with van der Waals surface area (Å²) in [7, 11) is 2.10. The van der Waals surface area contributed by atoms with Crippen molar-refractivity contribution in [3.8, 4) is 17.2 Å². The van der Waals surface area contributed by atoms with Crippen LogP contribution in [0.1, 0.15) is 30.9 Å². The number of piperidine rings is 1. The maximum Gasteiger partial charge on any atom is 0.250 e. The molecule has 1 saturated heterocycles. The van der Waals surface area contributed by atoms with Gasteiger partial charge in [0.25, 0.3) is 0 Å². The molecule has 1 N–H and O–H groups in total. The van der Waals surface area contributed by atoms with Gasteiger partial charge in [0, 0.05) is 18.8 Å². The van der Waals surface area contributed by atoms with Crippen molar-refractivity contribution in [3.05, 3.63) is 96.2 Å². The van der Waals surface area contributed by atoms with Gasteiger partial charge in [0.2, 0.25) is 5.91 Å². The lowest BCUT2D eigenvalue weighted by atomic mass is 9.83. The van der Waals surface area contributed by atoms with Crippen molar-refractivity contribution < 1.29 is 9.53 Å². The highest BCUT2D eigenvalue weighted by Gasteiger charge is 2.37. The van der Waals surface area contributed by atoms with Gasteiger partial charge >= 0.3 is 0 Å². The molecule has 0 unspecified atom stereocenters. The fraction of sp³-hybridized carbons (Fsp3) is 0.286. The van der Waals surface area contributed by atoms with Gasteiger partial charge in [0.15, 0.2) is 0 Å². The lowest BCUT2D eigenvalue weighted by molar-refractivity contribution is -0.138. The molecule has 1 amide bonds. The number of nitriles is 1. The molecule has 0 bridgehead atoms. The molecule has 3 rings (SSSR count). The number of likely N-dealkylation sites (tertiary alicyclic amines) is 1. The number of benzene rings is 2. The van der Waals surface area contributed by atoms with Crippen LogP contribution in [0.25, 0.3) is 11.1 Å². The molecule has 0 atom stereocenters. The Morgan fingerprint density at radius 3 is 2.58 bits per heavy atom. The van der Waals surface area contributed by atoms with Crippen LogP contribution in [-0.4, -0.2) is 37.6 Å². The molecule has 170 valence electrons. The molecule has 0 spiro atoms. The molecule has 1 aliphatic heterocycles. The van der Waals surface area contributed by atoms with Crippen LogP contribution in [0, 0.1) is 11.3 Å². The van der Waals surface area contributed by atoms with Gasteiger partial charge in [-0.3, -0.25) is 4.79 Å². The lowest BCUT2D eigenvalue weighted by Crippen LogP contribution is -2.44. The summed E-state index contributed by atoms with van der Waals surface area (Å²) in [4.78, 5) is 14.9. The first kappa shape index (κ1) is 24.2. The van der Waals surface area contributed by atoms with E-state index < -0.39 is 5.60 Å². The van der Waals surface area contributed by atoms with E-state index in [1.54, 1.807) is 24.3 Å². The zero-order valence-electron chi connectivity index (χ0n) is 19.4. The first-order chi connectivity index (χ1) is 16.0. The number of amides is 1. The van der Waals surface area contributed by atoms with Crippen LogP contribution in [0.3, 0.4) is 0 Å². The summed E-state index contributed by atoms with van der Waals surface area (Å²) in [6.07, 6.45) is 8.71. The Labute approximate surface area is 196 Å². The number of carbonyl (C=O) groups excluding carboxylic acids is 1. The van der Waals surface area contributed by atoms with Crippen molar-refractivity contribution in [2.75, 3.05) is 26.7 Å². The number of nitrogens with one attached hydrogen (secondary N) is 1. The molecule has 1 heterocycles. The maximum absolute atomic E-state index is 12.6. The summed E-state index contributed by atoms with van der Waals surface area (Å²) >= 11 is 0. The quantitative estimate of drug-likeness (QED) is 0.590. The van der Waals surface area contributed by atoms with E-state index in [0.29, 0.717) is 11.3 Å². The summed E-state index contributed by atoms with van der Waals surface area (Å²) in [6, 6.07) is 18.1. The van der Waals surface area contributed by atoms with Gasteiger partial charge in [-0.1, -0.05) is 61.2 Å². The largest absolute Gasteiger partial charge is 0.360 e. The van der Waals surface area contributed by atoms with Gasteiger partial charge in [-0.05, 0) is 61.7 Å². The highest BCUT2D eigenvalue weighted by Crippen LogP contribution is 2.37. The van der Waals surface area contributed by atoms with Crippen molar-refractivity contribution in [1.82, 2.24) is 10.2 Å². The van der Waals surface area contributed by atoms with E-state index in [-0.39, 0.29) is 12.5 Å². The molecule has 33 heavy (non-hydrogen) atoms. The smallest absolute Gasteiger partial charge is 0.250 e. The van der Waals surface area contributed by atoms with Gasteiger partial charge in [-0.15, -0.1) is 0 Å². The summed E-state index contributed by atoms with van der Waals surface area (Å²) in [6.45, 7) is 7.31. The monoisotopic (exact) mass is 441 g/mol. The summed E-state index contributed by atoms with van der Waals surface area (Å²) in [5, 5.41) is 12.1. The number of hydrogen-bond donors (Lipinski definition) is 1. The Hall–Kier alpha value is -3.46. The average molecular weight is 442 g/mol. The summed E-state index contributed by atoms with van der Waals surface area (Å²) < 4.78 is 6.35. The maximum atomic E-state index is 12.6. The van der Waals surface area contributed by atoms with Crippen molar-refractivity contribution in [3.63, 3.8) is 0 Å². The van der Waals surface area contributed by atoms with Crippen LogP contribution in [0.4, 0.5) is 0 Å². The van der Waals surface area contributed by atoms with Crippen LogP contribution in [0.15, 0.2) is 85.1 Å². The molecular formula is C28H31N3O2. The van der Waals surface area contributed by atoms with Crippen molar-refractivity contribution in [1.29, 1.82) is 5.26 Å². The van der Waals surface area contributed by atoms with Crippen molar-refractivity contribution in [2.24, 2.45) is 0 Å². The predicted molar refractivity (Wildman–Crippen MR) is 132 cm³/mol. The first-order valence-corrected chi connectivity index (χ1v) is 11.2. The van der Waals surface area contributed by atoms with Gasteiger partial charge in [-0.2, -0.15) is 5.26 Å². The Morgan fingerprint density at radius 1 is 1.21 bits per heavy atom. The van der Waals surface area contributed by atoms with Gasteiger partial charge in [0.1, 0.15) is 6.61 Å². The average Bonchev–Trinajstić information content (AvgIpc) is 2.86. The van der Waals surface area contributed by atoms with Gasteiger partial charge in [0.05, 0.1) is 17.2 Å². The fourth-order valence-corrected chi connectivity index (χ4v) is 4.01. The fourth-order valence-electron chi connectivity index (χ4n) is 4.01. The van der Waals surface area contributed by atoms with E-state index in [0.717, 1.165) is 42.6 Å². The topological polar surface area (TPSA) is 65.4 Å². The van der Waals surface area contributed by atoms with Crippen LogP contribution in [0.5, 0.6) is 0 Å². The molecule has 0 aliphatic carbocycles. The third-order valence-corrected chi connectivity index (χ3v) is 6.02. The minimum Gasteiger partial charge on any atom is -0.360 e. The van der Waals surface area contributed by atoms with E-state index >= 15 is 0 Å². The highest BCUT2D eigenvalue weighted by atomic mass is 16.5. The highest BCUT2D eigenvalue weighted by molar-refractivity contribution is 5.79. The second-order valence-corrected chi connectivity index (χ2v) is 8.24. The van der Waals surface area contributed by atoms with Gasteiger partial charge in [-0.25, -0.2) is 0 Å². The number of rotatable bonds is 8. The Balaban J connectivity index is 1.77. The molecule has 5 nitrogen and oxygen atoms in total. The molecule has 5 heteroatoms. The summed E-state index contributed by atoms with van der Waals surface area (Å²) in [5.74, 6) is -0.181. The van der Waals surface area contributed by atoms with E-state index in [9.17, 15) is 10.1 Å². The number of hydrogen-bond acceptors (Lipinski definition) is 4. The van der Waals surface area contributed by atoms with Crippen LogP contribution in [-0.2, 0) is 15.1 Å². The number of allylic oxidation sites excluding steroid dienone is 4. The molecule has 2 aromatic rings. The number of nitrogens with zero attached hydrogens (tertiary/aromatic N) is 2. The third kappa shape index (κ3) is 6.29. The molecule has 0 aromatic heterocycles. The Bertz CT molecular complexity index is 1070. The Morgan fingerprint density at radius 2 is 1.94 bits per heavy atom. The number of carbonyl (C=O) groups is 1. The number of ether oxygens (including phenoxy) is 1. The molecule has 1 fully saturated rings. The SMILES string of the molecule is C=C/C=C\C(=C/C)NC(=O)COC1(c2ccc(-c3cccc(C#N)c3)cc2)CCN(C)CC1. The predicted octanol–water partition coefficient (Wildman–Crippen LogP) is 4.92. The van der Waals surface area contributed by atoms with Crippen LogP contribution >= 0.6 is 0 Å². The lowest BCUT2D eigenvalue weighted by Gasteiger charge is -2.41. The standard InChI is InChI=1S/C28H31N3O2/c1-4-6-10-26(5-2)30-27(32)21-33-28(15-17-31(3)18-16-28)25-13-11-23(12-14-25)24-9-7-8-22(19-24)20-29/h4-14,19H,1,15-18,21H2,2-3H3,(H,30,32)/b10-6-,26-5+. The molecule has 1 aliphatic rings. The van der Waals surface area contributed by atoms with Crippen LogP contribution in [0.2, 0.25) is 0 Å². The molecule has 2 aromatic carbocycles. The minimum atomic E-state index is -0.510. The normalized spacial score (nSPS) is 16.3. The molecule has 0 saturated carbocycles. The van der Waals surface area contributed by atoms with Crippen molar-refractivity contribution in [2.45, 2.75) is 25.4 Å². The van der Waals surface area contributed by atoms with Crippen LogP contribution < -0.4 is 5.32 Å². The summed E-state index contributed by atoms with van der Waals surface area (Å²) in [5.41, 5.74) is 3.96. The van der Waals surface area contributed by atoms with E-state index in [4.69, 9.17) is 4.74 Å². The molecular weight excluding hydrogens is 410 g/mol. The minimum absolute atomic E-state index is 0.0189. The van der Waals surface area contributed by atoms with E-state index in [1.807, 2.05) is 31.2 Å². The van der Waals surface area contributed by atoms with Crippen molar-refractivity contribution >= 4 is 5.91 Å². The second-order valence-electron chi connectivity index (χ2n) is 8.24. The van der Waals surface area contributed by atoms with Gasteiger partial charge < -0.3 is 15.0 Å².